The highest BCUT2D eigenvalue weighted by atomic mass is 79.9. The first kappa shape index (κ1) is 23.7. The lowest BCUT2D eigenvalue weighted by Crippen LogP contribution is -2.48. The topological polar surface area (TPSA) is 87.5 Å². The number of benzene rings is 3. The van der Waals surface area contributed by atoms with Gasteiger partial charge in [-0.15, -0.1) is 0 Å². The lowest BCUT2D eigenvalue weighted by Gasteiger charge is -2.57. The van der Waals surface area contributed by atoms with E-state index in [1.165, 1.54) is 50.3 Å². The van der Waals surface area contributed by atoms with Gasteiger partial charge in [-0.2, -0.15) is 0 Å². The van der Waals surface area contributed by atoms with Crippen molar-refractivity contribution in [1.82, 2.24) is 9.55 Å². The first-order valence-electron chi connectivity index (χ1n) is 13.3. The number of aliphatic imine (C=N–C) groups is 1. The molecule has 0 saturated heterocycles. The van der Waals surface area contributed by atoms with Crippen LogP contribution in [0.4, 0.5) is 5.69 Å². The van der Waals surface area contributed by atoms with Crippen molar-refractivity contribution < 1.29 is 5.11 Å². The molecule has 4 bridgehead atoms. The van der Waals surface area contributed by atoms with E-state index in [-0.39, 0.29) is 11.0 Å². The predicted octanol–water partition coefficient (Wildman–Crippen LogP) is 6.37. The standard InChI is InChI=1S/C31H28BrN3O3/c32-25-13-22(31-14-18-10-19(15-31)12-20(11-18)16-31)8-9-26(25)33-17-24-28(36)34-30(38)35(29(24)37)27-7-3-5-21-4-1-2-6-23(21)27/h1-9,13,17-20,37H,10-12,14-16H2,(H,34,36,38). The summed E-state index contributed by atoms with van der Waals surface area (Å²) in [5.41, 5.74) is 1.35. The smallest absolute Gasteiger partial charge is 0.335 e. The van der Waals surface area contributed by atoms with Crippen LogP contribution >= 0.6 is 15.9 Å². The number of H-pyrrole nitrogens is 1. The zero-order chi connectivity index (χ0) is 26.0. The molecule has 0 atom stereocenters. The van der Waals surface area contributed by atoms with Crippen LogP contribution in [0.5, 0.6) is 5.88 Å². The predicted molar refractivity (Wildman–Crippen MR) is 153 cm³/mol. The fraction of sp³-hybridized carbons (Fsp3) is 0.323. The van der Waals surface area contributed by atoms with E-state index in [1.54, 1.807) is 6.07 Å². The molecule has 0 unspecified atom stereocenters. The van der Waals surface area contributed by atoms with Gasteiger partial charge in [0, 0.05) is 16.1 Å². The monoisotopic (exact) mass is 569 g/mol. The third kappa shape index (κ3) is 3.78. The number of nitrogens with zero attached hydrogens (tertiary/aromatic N) is 2. The Morgan fingerprint density at radius 2 is 1.63 bits per heavy atom. The Labute approximate surface area is 228 Å². The average molecular weight is 570 g/mol. The molecule has 3 aromatic carbocycles. The van der Waals surface area contributed by atoms with Crippen molar-refractivity contribution in [1.29, 1.82) is 0 Å². The highest BCUT2D eigenvalue weighted by Crippen LogP contribution is 2.61. The van der Waals surface area contributed by atoms with Crippen LogP contribution in [-0.4, -0.2) is 20.9 Å². The third-order valence-corrected chi connectivity index (χ3v) is 9.69. The molecular weight excluding hydrogens is 542 g/mol. The molecule has 7 heteroatoms. The minimum Gasteiger partial charge on any atom is -0.493 e. The molecule has 4 fully saturated rings. The van der Waals surface area contributed by atoms with E-state index in [1.807, 2.05) is 42.5 Å². The lowest BCUT2D eigenvalue weighted by atomic mass is 9.48. The summed E-state index contributed by atoms with van der Waals surface area (Å²) in [6, 6.07) is 19.4. The summed E-state index contributed by atoms with van der Waals surface area (Å²) in [4.78, 5) is 32.4. The molecule has 4 saturated carbocycles. The molecule has 6 nitrogen and oxygen atoms in total. The van der Waals surface area contributed by atoms with E-state index in [2.05, 4.69) is 38.0 Å². The van der Waals surface area contributed by atoms with Gasteiger partial charge in [0.25, 0.3) is 5.56 Å². The highest BCUT2D eigenvalue weighted by Gasteiger charge is 2.51. The van der Waals surface area contributed by atoms with E-state index in [4.69, 9.17) is 0 Å². The Morgan fingerprint density at radius 3 is 2.34 bits per heavy atom. The van der Waals surface area contributed by atoms with Crippen molar-refractivity contribution in [3.63, 3.8) is 0 Å². The Bertz CT molecular complexity index is 1690. The number of aromatic hydroxyl groups is 1. The molecule has 4 aliphatic carbocycles. The van der Waals surface area contributed by atoms with E-state index < -0.39 is 17.1 Å². The number of rotatable bonds is 4. The highest BCUT2D eigenvalue weighted by molar-refractivity contribution is 9.10. The Hall–Kier alpha value is -3.45. The van der Waals surface area contributed by atoms with Crippen molar-refractivity contribution in [3.05, 3.63) is 97.1 Å². The molecule has 8 rings (SSSR count). The maximum atomic E-state index is 12.8. The Morgan fingerprint density at radius 1 is 0.947 bits per heavy atom. The van der Waals surface area contributed by atoms with Crippen LogP contribution in [0.2, 0.25) is 0 Å². The molecule has 192 valence electrons. The number of fused-ring (bicyclic) bond motifs is 1. The Balaban J connectivity index is 1.25. The zero-order valence-corrected chi connectivity index (χ0v) is 22.4. The van der Waals surface area contributed by atoms with E-state index >= 15 is 0 Å². The molecule has 1 aromatic heterocycles. The van der Waals surface area contributed by atoms with Gasteiger partial charge >= 0.3 is 5.69 Å². The zero-order valence-electron chi connectivity index (χ0n) is 20.9. The number of aromatic amines is 1. The van der Waals surface area contributed by atoms with E-state index in [0.29, 0.717) is 11.4 Å². The molecule has 1 heterocycles. The van der Waals surface area contributed by atoms with E-state index in [9.17, 15) is 14.7 Å². The first-order chi connectivity index (χ1) is 18.4. The summed E-state index contributed by atoms with van der Waals surface area (Å²) in [7, 11) is 0. The lowest BCUT2D eigenvalue weighted by molar-refractivity contribution is -0.00520. The van der Waals surface area contributed by atoms with Crippen LogP contribution < -0.4 is 11.2 Å². The van der Waals surface area contributed by atoms with Gasteiger partial charge in [-0.1, -0.05) is 42.5 Å². The van der Waals surface area contributed by atoms with Crippen LogP contribution in [-0.2, 0) is 5.41 Å². The second-order valence-corrected chi connectivity index (χ2v) is 12.3. The summed E-state index contributed by atoms with van der Waals surface area (Å²) < 4.78 is 1.98. The minimum atomic E-state index is -0.706. The largest absolute Gasteiger partial charge is 0.493 e. The molecule has 0 radical (unpaired) electrons. The van der Waals surface area contributed by atoms with Gasteiger partial charge in [-0.3, -0.25) is 14.8 Å². The summed E-state index contributed by atoms with van der Waals surface area (Å²) in [6.07, 6.45) is 9.40. The van der Waals surface area contributed by atoms with Crippen molar-refractivity contribution in [2.24, 2.45) is 22.7 Å². The number of hydrogen-bond acceptors (Lipinski definition) is 4. The number of aromatic nitrogens is 2. The summed E-state index contributed by atoms with van der Waals surface area (Å²) >= 11 is 3.71. The third-order valence-electron chi connectivity index (χ3n) is 9.06. The van der Waals surface area contributed by atoms with Crippen LogP contribution in [0, 0.1) is 17.8 Å². The fourth-order valence-electron chi connectivity index (χ4n) is 7.82. The van der Waals surface area contributed by atoms with Crippen molar-refractivity contribution >= 4 is 38.6 Å². The van der Waals surface area contributed by atoms with Crippen molar-refractivity contribution in [2.45, 2.75) is 43.9 Å². The van der Waals surface area contributed by atoms with Gasteiger partial charge < -0.3 is 5.11 Å². The maximum Gasteiger partial charge on any atom is 0.335 e. The van der Waals surface area contributed by atoms with Crippen molar-refractivity contribution in [3.8, 4) is 11.6 Å². The maximum absolute atomic E-state index is 12.8. The number of nitrogens with one attached hydrogen (secondary N) is 1. The van der Waals surface area contributed by atoms with Gasteiger partial charge in [0.05, 0.1) is 11.4 Å². The van der Waals surface area contributed by atoms with Crippen LogP contribution in [0.25, 0.3) is 16.5 Å². The van der Waals surface area contributed by atoms with Gasteiger partial charge in [0.2, 0.25) is 5.88 Å². The van der Waals surface area contributed by atoms with Crippen LogP contribution in [0.1, 0.15) is 49.7 Å². The average Bonchev–Trinajstić information content (AvgIpc) is 2.88. The molecule has 38 heavy (non-hydrogen) atoms. The van der Waals surface area contributed by atoms with Gasteiger partial charge in [0.1, 0.15) is 5.56 Å². The second-order valence-electron chi connectivity index (χ2n) is 11.5. The summed E-state index contributed by atoms with van der Waals surface area (Å²) in [6.45, 7) is 0. The van der Waals surface area contributed by atoms with E-state index in [0.717, 1.165) is 37.6 Å². The molecule has 4 aromatic rings. The number of hydrogen-bond donors (Lipinski definition) is 2. The number of halogens is 1. The van der Waals surface area contributed by atoms with Crippen LogP contribution in [0.15, 0.2) is 79.7 Å². The van der Waals surface area contributed by atoms with Crippen LogP contribution in [0.3, 0.4) is 0 Å². The summed E-state index contributed by atoms with van der Waals surface area (Å²) in [5, 5.41) is 12.8. The normalized spacial score (nSPS) is 26.0. The van der Waals surface area contributed by atoms with Gasteiger partial charge in [0.15, 0.2) is 0 Å². The van der Waals surface area contributed by atoms with Gasteiger partial charge in [-0.25, -0.2) is 9.36 Å². The molecule has 0 amide bonds. The first-order valence-corrected chi connectivity index (χ1v) is 14.1. The molecule has 4 aliphatic rings. The molecular formula is C31H28BrN3O3. The quantitative estimate of drug-likeness (QED) is 0.280. The Kier molecular flexibility index (Phi) is 5.48. The molecule has 0 spiro atoms. The SMILES string of the molecule is O=c1[nH]c(=O)n(-c2cccc3ccccc23)c(O)c1C=Nc1ccc(C23CC4CC(CC(C4)C2)C3)cc1Br. The summed E-state index contributed by atoms with van der Waals surface area (Å²) in [5.74, 6) is 2.15. The van der Waals surface area contributed by atoms with Crippen molar-refractivity contribution in [2.75, 3.05) is 0 Å². The second kappa shape index (κ2) is 8.80. The fourth-order valence-corrected chi connectivity index (χ4v) is 8.30. The molecule has 0 aliphatic heterocycles. The van der Waals surface area contributed by atoms with Gasteiger partial charge in [-0.05, 0) is 107 Å². The minimum absolute atomic E-state index is 0.0744. The molecule has 2 N–H and O–H groups in total.